The second-order valence-electron chi connectivity index (χ2n) is 5.68. The standard InChI is InChI=1S/C19H13Cl2NO4S2/c20-14-6-3-12(10-15(14)21)22-18(25)16(28-19(22)27)9-11-1-4-13(5-2-11)26-8-7-17(23)24/h1-6,9-10H,7-8H2,(H,23,24)/b16-9+. The van der Waals surface area contributed by atoms with Gasteiger partial charge in [0.1, 0.15) is 5.75 Å². The van der Waals surface area contributed by atoms with Gasteiger partial charge < -0.3 is 9.84 Å². The zero-order valence-corrected chi connectivity index (χ0v) is 17.4. The maximum absolute atomic E-state index is 12.8. The Morgan fingerprint density at radius 1 is 1.18 bits per heavy atom. The van der Waals surface area contributed by atoms with E-state index in [0.29, 0.717) is 30.7 Å². The molecule has 1 aliphatic rings. The van der Waals surface area contributed by atoms with Gasteiger partial charge in [0.2, 0.25) is 0 Å². The van der Waals surface area contributed by atoms with Crippen LogP contribution in [0.15, 0.2) is 47.4 Å². The minimum absolute atomic E-state index is 0.0705. The summed E-state index contributed by atoms with van der Waals surface area (Å²) in [6.07, 6.45) is 1.66. The predicted molar refractivity (Wildman–Crippen MR) is 116 cm³/mol. The highest BCUT2D eigenvalue weighted by Gasteiger charge is 2.33. The van der Waals surface area contributed by atoms with Gasteiger partial charge in [0.15, 0.2) is 4.32 Å². The number of aliphatic carboxylic acids is 1. The van der Waals surface area contributed by atoms with Crippen molar-refractivity contribution in [3.8, 4) is 5.75 Å². The zero-order valence-electron chi connectivity index (χ0n) is 14.2. The zero-order chi connectivity index (χ0) is 20.3. The number of thioether (sulfide) groups is 1. The molecule has 9 heteroatoms. The number of anilines is 1. The summed E-state index contributed by atoms with van der Waals surface area (Å²) in [6, 6.07) is 11.9. The summed E-state index contributed by atoms with van der Waals surface area (Å²) < 4.78 is 5.76. The van der Waals surface area contributed by atoms with Gasteiger partial charge in [-0.15, -0.1) is 0 Å². The Hall–Kier alpha value is -2.06. The smallest absolute Gasteiger partial charge is 0.306 e. The number of carbonyl (C=O) groups is 2. The van der Waals surface area contributed by atoms with E-state index in [0.717, 1.165) is 5.56 Å². The first-order valence-electron chi connectivity index (χ1n) is 8.03. The number of hydrogen-bond acceptors (Lipinski definition) is 5. The third kappa shape index (κ3) is 4.86. The molecule has 1 amide bonds. The fourth-order valence-corrected chi connectivity index (χ4v) is 3.97. The topological polar surface area (TPSA) is 66.8 Å². The molecule has 0 spiro atoms. The van der Waals surface area contributed by atoms with E-state index in [1.54, 1.807) is 48.5 Å². The minimum Gasteiger partial charge on any atom is -0.493 e. The largest absolute Gasteiger partial charge is 0.493 e. The predicted octanol–water partition coefficient (Wildman–Crippen LogP) is 5.25. The number of carbonyl (C=O) groups excluding carboxylic acids is 1. The van der Waals surface area contributed by atoms with Crippen molar-refractivity contribution in [1.29, 1.82) is 0 Å². The van der Waals surface area contributed by atoms with Gasteiger partial charge in [-0.1, -0.05) is 59.3 Å². The van der Waals surface area contributed by atoms with Crippen LogP contribution in [0.25, 0.3) is 6.08 Å². The molecule has 0 unspecified atom stereocenters. The van der Waals surface area contributed by atoms with Crippen LogP contribution in [-0.4, -0.2) is 27.9 Å². The first-order valence-corrected chi connectivity index (χ1v) is 10.0. The molecule has 144 valence electrons. The normalized spacial score (nSPS) is 15.4. The molecule has 0 bridgehead atoms. The van der Waals surface area contributed by atoms with E-state index in [2.05, 4.69) is 0 Å². The summed E-state index contributed by atoms with van der Waals surface area (Å²) in [6.45, 7) is 0.0942. The third-order valence-corrected chi connectivity index (χ3v) is 5.76. The lowest BCUT2D eigenvalue weighted by atomic mass is 10.2. The lowest BCUT2D eigenvalue weighted by Crippen LogP contribution is -2.27. The molecule has 0 radical (unpaired) electrons. The van der Waals surface area contributed by atoms with E-state index in [9.17, 15) is 9.59 Å². The van der Waals surface area contributed by atoms with Crippen LogP contribution in [0.3, 0.4) is 0 Å². The van der Waals surface area contributed by atoms with Crippen LogP contribution in [0, 0.1) is 0 Å². The van der Waals surface area contributed by atoms with Crippen LogP contribution < -0.4 is 9.64 Å². The van der Waals surface area contributed by atoms with Gasteiger partial charge in [0.05, 0.1) is 33.7 Å². The molecule has 2 aromatic rings. The molecule has 1 N–H and O–H groups in total. The highest BCUT2D eigenvalue weighted by Crippen LogP contribution is 2.38. The van der Waals surface area contributed by atoms with Gasteiger partial charge in [-0.05, 0) is 42.0 Å². The highest BCUT2D eigenvalue weighted by atomic mass is 35.5. The van der Waals surface area contributed by atoms with E-state index >= 15 is 0 Å². The molecule has 0 aromatic heterocycles. The number of carboxylic acids is 1. The number of benzene rings is 2. The van der Waals surface area contributed by atoms with Gasteiger partial charge in [0, 0.05) is 0 Å². The number of thiocarbonyl (C=S) groups is 1. The van der Waals surface area contributed by atoms with Crippen LogP contribution in [0.5, 0.6) is 5.75 Å². The van der Waals surface area contributed by atoms with Crippen LogP contribution >= 0.6 is 47.2 Å². The van der Waals surface area contributed by atoms with E-state index < -0.39 is 5.97 Å². The average molecular weight is 454 g/mol. The maximum atomic E-state index is 12.8. The van der Waals surface area contributed by atoms with Crippen LogP contribution in [0.1, 0.15) is 12.0 Å². The molecule has 0 atom stereocenters. The highest BCUT2D eigenvalue weighted by molar-refractivity contribution is 8.27. The molecule has 1 aliphatic heterocycles. The SMILES string of the molecule is O=C(O)CCOc1ccc(/C=C2/SC(=S)N(c3ccc(Cl)c(Cl)c3)C2=O)cc1. The van der Waals surface area contributed by atoms with Gasteiger partial charge in [0.25, 0.3) is 5.91 Å². The summed E-state index contributed by atoms with van der Waals surface area (Å²) in [7, 11) is 0. The summed E-state index contributed by atoms with van der Waals surface area (Å²) in [5, 5.41) is 9.37. The number of ether oxygens (including phenoxy) is 1. The van der Waals surface area contributed by atoms with Gasteiger partial charge in [-0.25, -0.2) is 0 Å². The quantitative estimate of drug-likeness (QED) is 0.475. The number of carboxylic acid groups (broad SMARTS) is 1. The number of halogens is 2. The molecule has 0 saturated carbocycles. The monoisotopic (exact) mass is 453 g/mol. The molecule has 28 heavy (non-hydrogen) atoms. The van der Waals surface area contributed by atoms with Crippen molar-refractivity contribution >= 4 is 75.1 Å². The third-order valence-electron chi connectivity index (χ3n) is 3.72. The molecule has 1 saturated heterocycles. The number of rotatable bonds is 6. The van der Waals surface area contributed by atoms with Crippen LogP contribution in [0.4, 0.5) is 5.69 Å². The van der Waals surface area contributed by atoms with E-state index in [1.165, 1.54) is 16.7 Å². The number of hydrogen-bond donors (Lipinski definition) is 1. The summed E-state index contributed by atoms with van der Waals surface area (Å²) >= 11 is 18.5. The Balaban J connectivity index is 1.74. The van der Waals surface area contributed by atoms with Gasteiger partial charge in [-0.2, -0.15) is 0 Å². The molecule has 1 fully saturated rings. The number of nitrogens with zero attached hydrogens (tertiary/aromatic N) is 1. The molecule has 2 aromatic carbocycles. The molecule has 5 nitrogen and oxygen atoms in total. The van der Waals surface area contributed by atoms with E-state index in [4.69, 9.17) is 45.3 Å². The molecular weight excluding hydrogens is 441 g/mol. The molecular formula is C19H13Cl2NO4S2. The van der Waals surface area contributed by atoms with Gasteiger partial charge >= 0.3 is 5.97 Å². The van der Waals surface area contributed by atoms with Crippen LogP contribution in [0.2, 0.25) is 10.0 Å². The lowest BCUT2D eigenvalue weighted by Gasteiger charge is -2.15. The van der Waals surface area contributed by atoms with Crippen molar-refractivity contribution in [1.82, 2.24) is 0 Å². The van der Waals surface area contributed by atoms with Gasteiger partial charge in [-0.3, -0.25) is 14.5 Å². The molecule has 1 heterocycles. The Labute approximate surface area is 180 Å². The molecule has 0 aliphatic carbocycles. The second-order valence-corrected chi connectivity index (χ2v) is 8.17. The summed E-state index contributed by atoms with van der Waals surface area (Å²) in [4.78, 5) is 25.2. The first-order chi connectivity index (χ1) is 13.3. The lowest BCUT2D eigenvalue weighted by molar-refractivity contribution is -0.137. The Kier molecular flexibility index (Phi) is 6.61. The Morgan fingerprint density at radius 3 is 2.54 bits per heavy atom. The molecule has 3 rings (SSSR count). The first kappa shape index (κ1) is 20.7. The Morgan fingerprint density at radius 2 is 1.89 bits per heavy atom. The fraction of sp³-hybridized carbons (Fsp3) is 0.105. The summed E-state index contributed by atoms with van der Waals surface area (Å²) in [5.41, 5.74) is 1.35. The van der Waals surface area contributed by atoms with E-state index in [1.807, 2.05) is 0 Å². The van der Waals surface area contributed by atoms with E-state index in [-0.39, 0.29) is 18.9 Å². The van der Waals surface area contributed by atoms with Crippen molar-refractivity contribution in [2.24, 2.45) is 0 Å². The van der Waals surface area contributed by atoms with Crippen molar-refractivity contribution in [3.63, 3.8) is 0 Å². The summed E-state index contributed by atoms with van der Waals surface area (Å²) in [5.74, 6) is -0.599. The maximum Gasteiger partial charge on any atom is 0.306 e. The van der Waals surface area contributed by atoms with Crippen molar-refractivity contribution in [3.05, 3.63) is 63.0 Å². The minimum atomic E-state index is -0.916. The van der Waals surface area contributed by atoms with Crippen molar-refractivity contribution < 1.29 is 19.4 Å². The second kappa shape index (κ2) is 8.96. The number of amides is 1. The van der Waals surface area contributed by atoms with Crippen molar-refractivity contribution in [2.75, 3.05) is 11.5 Å². The van der Waals surface area contributed by atoms with Crippen LogP contribution in [-0.2, 0) is 9.59 Å². The van der Waals surface area contributed by atoms with Crippen molar-refractivity contribution in [2.45, 2.75) is 6.42 Å². The fourth-order valence-electron chi connectivity index (χ4n) is 2.38. The average Bonchev–Trinajstić information content (AvgIpc) is 2.92. The Bertz CT molecular complexity index is 976.